The van der Waals surface area contributed by atoms with Gasteiger partial charge in [-0.2, -0.15) is 0 Å². The summed E-state index contributed by atoms with van der Waals surface area (Å²) < 4.78 is 28.0. The van der Waals surface area contributed by atoms with Crippen LogP contribution in [0.1, 0.15) is 48.1 Å². The van der Waals surface area contributed by atoms with Gasteiger partial charge < -0.3 is 5.32 Å². The number of benzene rings is 2. The van der Waals surface area contributed by atoms with E-state index in [1.807, 2.05) is 31.2 Å². The van der Waals surface area contributed by atoms with Crippen molar-refractivity contribution in [1.82, 2.24) is 10.0 Å². The molecule has 0 bridgehead atoms. The Kier molecular flexibility index (Phi) is 5.79. The molecule has 1 amide bonds. The second kappa shape index (κ2) is 7.90. The molecule has 1 fully saturated rings. The summed E-state index contributed by atoms with van der Waals surface area (Å²) in [7, 11) is -3.50. The number of halogens is 1. The fourth-order valence-corrected chi connectivity index (χ4v) is 4.20. The molecule has 26 heavy (non-hydrogen) atoms. The van der Waals surface area contributed by atoms with Crippen LogP contribution >= 0.6 is 15.9 Å². The van der Waals surface area contributed by atoms with Crippen LogP contribution in [0, 0.1) is 0 Å². The normalized spacial score (nSPS) is 15.5. The van der Waals surface area contributed by atoms with Crippen LogP contribution in [0.25, 0.3) is 0 Å². The average Bonchev–Trinajstić information content (AvgIpc) is 3.44. The molecule has 0 aliphatic heterocycles. The van der Waals surface area contributed by atoms with E-state index in [1.165, 1.54) is 12.1 Å². The Labute approximate surface area is 162 Å². The first-order chi connectivity index (χ1) is 12.4. The molecule has 2 aromatic carbocycles. The first-order valence-corrected chi connectivity index (χ1v) is 10.9. The zero-order chi connectivity index (χ0) is 18.7. The van der Waals surface area contributed by atoms with Gasteiger partial charge in [-0.15, -0.1) is 0 Å². The molecule has 0 saturated heterocycles. The van der Waals surface area contributed by atoms with Gasteiger partial charge in [0.2, 0.25) is 10.0 Å². The Balaban J connectivity index is 1.69. The maximum absolute atomic E-state index is 12.5. The molecule has 5 nitrogen and oxygen atoms in total. The van der Waals surface area contributed by atoms with Gasteiger partial charge >= 0.3 is 0 Å². The lowest BCUT2D eigenvalue weighted by atomic mass is 10.0. The van der Waals surface area contributed by atoms with Gasteiger partial charge in [-0.3, -0.25) is 4.79 Å². The summed E-state index contributed by atoms with van der Waals surface area (Å²) in [4.78, 5) is 12.7. The first kappa shape index (κ1) is 19.1. The van der Waals surface area contributed by atoms with Gasteiger partial charge in [0.15, 0.2) is 0 Å². The second-order valence-electron chi connectivity index (χ2n) is 6.41. The Morgan fingerprint density at radius 3 is 2.27 bits per heavy atom. The van der Waals surface area contributed by atoms with Gasteiger partial charge in [-0.05, 0) is 61.2 Å². The fraction of sp³-hybridized carbons (Fsp3) is 0.316. The summed E-state index contributed by atoms with van der Waals surface area (Å²) in [5.74, 6) is -0.223. The Hall–Kier alpha value is -1.70. The van der Waals surface area contributed by atoms with E-state index in [9.17, 15) is 13.2 Å². The van der Waals surface area contributed by atoms with Crippen molar-refractivity contribution in [1.29, 1.82) is 0 Å². The minimum Gasteiger partial charge on any atom is -0.345 e. The highest BCUT2D eigenvalue weighted by molar-refractivity contribution is 9.10. The molecule has 1 aliphatic carbocycles. The van der Waals surface area contributed by atoms with E-state index < -0.39 is 10.0 Å². The minimum atomic E-state index is -3.50. The largest absolute Gasteiger partial charge is 0.345 e. The quantitative estimate of drug-likeness (QED) is 0.693. The molecule has 1 atom stereocenters. The van der Waals surface area contributed by atoms with Crippen LogP contribution in [0.3, 0.4) is 0 Å². The van der Waals surface area contributed by atoms with Crippen LogP contribution < -0.4 is 10.0 Å². The topological polar surface area (TPSA) is 75.3 Å². The number of carbonyl (C=O) groups is 1. The number of amides is 1. The molecule has 1 aliphatic rings. The number of hydrogen-bond donors (Lipinski definition) is 2. The first-order valence-electron chi connectivity index (χ1n) is 8.58. The lowest BCUT2D eigenvalue weighted by Gasteiger charge is -2.18. The second-order valence-corrected chi connectivity index (χ2v) is 9.04. The Bertz CT molecular complexity index is 876. The van der Waals surface area contributed by atoms with Crippen LogP contribution in [-0.4, -0.2) is 20.4 Å². The highest BCUT2D eigenvalue weighted by Gasteiger charge is 2.28. The van der Waals surface area contributed by atoms with Crippen LogP contribution in [-0.2, 0) is 10.0 Å². The summed E-state index contributed by atoms with van der Waals surface area (Å²) in [6.45, 7) is 2.01. The van der Waals surface area contributed by atoms with E-state index in [1.54, 1.807) is 12.1 Å². The van der Waals surface area contributed by atoms with Gasteiger partial charge in [0, 0.05) is 16.1 Å². The lowest BCUT2D eigenvalue weighted by molar-refractivity contribution is 0.0935. The average molecular weight is 437 g/mol. The van der Waals surface area contributed by atoms with Gasteiger partial charge in [0.25, 0.3) is 5.91 Å². The molecular weight excluding hydrogens is 416 g/mol. The van der Waals surface area contributed by atoms with Crippen molar-refractivity contribution in [2.45, 2.75) is 43.2 Å². The monoisotopic (exact) mass is 436 g/mol. The van der Waals surface area contributed by atoms with Crippen LogP contribution in [0.15, 0.2) is 57.9 Å². The van der Waals surface area contributed by atoms with E-state index in [0.29, 0.717) is 5.56 Å². The predicted molar refractivity (Wildman–Crippen MR) is 104 cm³/mol. The van der Waals surface area contributed by atoms with Gasteiger partial charge in [-0.1, -0.05) is 35.0 Å². The van der Waals surface area contributed by atoms with Gasteiger partial charge in [0.05, 0.1) is 10.9 Å². The summed E-state index contributed by atoms with van der Waals surface area (Å²) in [5, 5.41) is 3.00. The van der Waals surface area contributed by atoms with Crippen LogP contribution in [0.2, 0.25) is 0 Å². The molecule has 0 heterocycles. The number of rotatable bonds is 7. The Morgan fingerprint density at radius 1 is 1.12 bits per heavy atom. The van der Waals surface area contributed by atoms with Gasteiger partial charge in [0.1, 0.15) is 0 Å². The zero-order valence-electron chi connectivity index (χ0n) is 14.4. The number of sulfonamides is 1. The van der Waals surface area contributed by atoms with Crippen molar-refractivity contribution in [3.05, 3.63) is 64.1 Å². The number of carbonyl (C=O) groups excluding carboxylic acids is 1. The van der Waals surface area contributed by atoms with E-state index in [-0.39, 0.29) is 22.9 Å². The van der Waals surface area contributed by atoms with Crippen LogP contribution in [0.5, 0.6) is 0 Å². The van der Waals surface area contributed by atoms with Crippen molar-refractivity contribution in [3.8, 4) is 0 Å². The van der Waals surface area contributed by atoms with Crippen molar-refractivity contribution < 1.29 is 13.2 Å². The SMILES string of the molecule is CC[C@@H](NC(=O)c1ccc(S(=O)(=O)NC2CC2)cc1)c1ccc(Br)cc1. The van der Waals surface area contributed by atoms with Crippen molar-refractivity contribution in [2.24, 2.45) is 0 Å². The minimum absolute atomic E-state index is 0.0548. The van der Waals surface area contributed by atoms with E-state index in [2.05, 4.69) is 26.0 Å². The van der Waals surface area contributed by atoms with E-state index in [0.717, 1.165) is 29.3 Å². The summed E-state index contributed by atoms with van der Waals surface area (Å²) in [5.41, 5.74) is 1.46. The summed E-state index contributed by atoms with van der Waals surface area (Å²) in [6, 6.07) is 13.8. The highest BCUT2D eigenvalue weighted by atomic mass is 79.9. The maximum atomic E-state index is 12.5. The lowest BCUT2D eigenvalue weighted by Crippen LogP contribution is -2.28. The molecule has 138 valence electrons. The van der Waals surface area contributed by atoms with E-state index in [4.69, 9.17) is 0 Å². The molecule has 0 aromatic heterocycles. The number of hydrogen-bond acceptors (Lipinski definition) is 3. The van der Waals surface area contributed by atoms with E-state index >= 15 is 0 Å². The fourth-order valence-electron chi connectivity index (χ4n) is 2.63. The third-order valence-electron chi connectivity index (χ3n) is 4.31. The molecule has 7 heteroatoms. The predicted octanol–water partition coefficient (Wildman–Crippen LogP) is 3.77. The molecule has 0 spiro atoms. The zero-order valence-corrected chi connectivity index (χ0v) is 16.8. The van der Waals surface area contributed by atoms with Crippen molar-refractivity contribution in [3.63, 3.8) is 0 Å². The third-order valence-corrected chi connectivity index (χ3v) is 6.38. The summed E-state index contributed by atoms with van der Waals surface area (Å²) in [6.07, 6.45) is 2.52. The Morgan fingerprint density at radius 2 is 1.73 bits per heavy atom. The molecule has 0 radical (unpaired) electrons. The summed E-state index contributed by atoms with van der Waals surface area (Å²) >= 11 is 3.40. The maximum Gasteiger partial charge on any atom is 0.251 e. The smallest absolute Gasteiger partial charge is 0.251 e. The molecule has 3 rings (SSSR count). The molecule has 0 unspecified atom stereocenters. The van der Waals surface area contributed by atoms with Crippen molar-refractivity contribution in [2.75, 3.05) is 0 Å². The molecular formula is C19H21BrN2O3S. The van der Waals surface area contributed by atoms with Gasteiger partial charge in [-0.25, -0.2) is 13.1 Å². The highest BCUT2D eigenvalue weighted by Crippen LogP contribution is 2.23. The molecule has 2 aromatic rings. The van der Waals surface area contributed by atoms with Crippen molar-refractivity contribution >= 4 is 31.9 Å². The standard InChI is InChI=1S/C19H21BrN2O3S/c1-2-18(13-3-7-15(20)8-4-13)21-19(23)14-5-11-17(12-6-14)26(24,25)22-16-9-10-16/h3-8,11-12,16,18,22H,2,9-10H2,1H3,(H,21,23)/t18-/m1/s1. The third kappa shape index (κ3) is 4.72. The molecule has 2 N–H and O–H groups in total. The molecule has 1 saturated carbocycles. The van der Waals surface area contributed by atoms with Crippen LogP contribution in [0.4, 0.5) is 0 Å². The number of nitrogens with one attached hydrogen (secondary N) is 2.